The predicted octanol–water partition coefficient (Wildman–Crippen LogP) is 2.50. The molecule has 2 aliphatic rings. The number of amides is 1. The molecular weight excluding hydrogens is 302 g/mol. The molecule has 4 rings (SSSR count). The Kier molecular flexibility index (Phi) is 3.92. The van der Waals surface area contributed by atoms with Crippen LogP contribution in [0.5, 0.6) is 0 Å². The van der Waals surface area contributed by atoms with E-state index < -0.39 is 0 Å². The van der Waals surface area contributed by atoms with E-state index in [2.05, 4.69) is 4.98 Å². The number of hydrogen-bond acceptors (Lipinski definition) is 3. The highest BCUT2D eigenvalue weighted by atomic mass is 16.2. The van der Waals surface area contributed by atoms with Crippen LogP contribution < -0.4 is 5.56 Å². The number of benzene rings is 1. The molecule has 24 heavy (non-hydrogen) atoms. The number of piperidine rings is 1. The fourth-order valence-electron chi connectivity index (χ4n) is 3.44. The second kappa shape index (κ2) is 6.23. The van der Waals surface area contributed by atoms with Crippen LogP contribution in [0.4, 0.5) is 0 Å². The summed E-state index contributed by atoms with van der Waals surface area (Å²) in [6.45, 7) is 2.03. The molecule has 1 saturated carbocycles. The lowest BCUT2D eigenvalue weighted by molar-refractivity contribution is -0.131. The second-order valence-corrected chi connectivity index (χ2v) is 6.60. The lowest BCUT2D eigenvalue weighted by atomic mass is 10.0. The number of hydrogen-bond donors (Lipinski definition) is 0. The summed E-state index contributed by atoms with van der Waals surface area (Å²) < 4.78 is 1.54. The minimum atomic E-state index is -0.0761. The van der Waals surface area contributed by atoms with Crippen molar-refractivity contribution in [1.82, 2.24) is 14.5 Å². The Balaban J connectivity index is 1.40. The van der Waals surface area contributed by atoms with Gasteiger partial charge in [-0.05, 0) is 37.8 Å². The minimum absolute atomic E-state index is 0.0761. The Bertz CT molecular complexity index is 866. The maximum absolute atomic E-state index is 12.4. The molecule has 1 aliphatic carbocycles. The van der Waals surface area contributed by atoms with Crippen molar-refractivity contribution in [2.45, 2.75) is 38.6 Å². The number of allylic oxidation sites excluding steroid dienone is 1. The van der Waals surface area contributed by atoms with Crippen LogP contribution in [0.3, 0.4) is 0 Å². The van der Waals surface area contributed by atoms with Crippen molar-refractivity contribution in [2.75, 3.05) is 13.1 Å². The lowest BCUT2D eigenvalue weighted by Gasteiger charge is -2.28. The number of nitrogens with zero attached hydrogens (tertiary/aromatic N) is 3. The smallest absolute Gasteiger partial charge is 0.261 e. The molecule has 0 atom stereocenters. The Hall–Kier alpha value is -2.43. The molecule has 1 aliphatic heterocycles. The molecular formula is C19H21N3O2. The summed E-state index contributed by atoms with van der Waals surface area (Å²) in [5.41, 5.74) is 3.82. The number of rotatable bonds is 3. The highest BCUT2D eigenvalue weighted by Crippen LogP contribution is 2.36. The average molecular weight is 323 g/mol. The van der Waals surface area contributed by atoms with Crippen molar-refractivity contribution in [3.05, 3.63) is 52.1 Å². The van der Waals surface area contributed by atoms with Crippen molar-refractivity contribution in [1.29, 1.82) is 0 Å². The molecule has 0 radical (unpaired) electrons. The fourth-order valence-corrected chi connectivity index (χ4v) is 3.44. The molecule has 0 bridgehead atoms. The standard InChI is InChI=1S/C19H21N3O2/c23-18(21-10-7-15(8-11-21)14-5-6-14)9-12-22-13-20-17-4-2-1-3-16(17)19(22)24/h1-4,13H,5-12H2. The van der Waals surface area contributed by atoms with Gasteiger partial charge in [0.1, 0.15) is 0 Å². The van der Waals surface area contributed by atoms with Gasteiger partial charge in [-0.2, -0.15) is 0 Å². The maximum atomic E-state index is 12.4. The zero-order chi connectivity index (χ0) is 16.5. The third kappa shape index (κ3) is 2.98. The Labute approximate surface area is 140 Å². The van der Waals surface area contributed by atoms with Crippen molar-refractivity contribution in [3.63, 3.8) is 0 Å². The third-order valence-corrected chi connectivity index (χ3v) is 5.02. The second-order valence-electron chi connectivity index (χ2n) is 6.60. The zero-order valence-corrected chi connectivity index (χ0v) is 13.7. The number of carbonyl (C=O) groups excluding carboxylic acids is 1. The van der Waals surface area contributed by atoms with E-state index >= 15 is 0 Å². The normalized spacial score (nSPS) is 17.4. The summed E-state index contributed by atoms with van der Waals surface area (Å²) >= 11 is 0. The number of aromatic nitrogens is 2. The van der Waals surface area contributed by atoms with Gasteiger partial charge in [0.05, 0.1) is 17.2 Å². The highest BCUT2D eigenvalue weighted by Gasteiger charge is 2.24. The molecule has 1 aromatic heterocycles. The van der Waals surface area contributed by atoms with Crippen LogP contribution in [0.1, 0.15) is 32.1 Å². The van der Waals surface area contributed by atoms with Crippen LogP contribution >= 0.6 is 0 Å². The third-order valence-electron chi connectivity index (χ3n) is 5.02. The van der Waals surface area contributed by atoms with E-state index in [1.165, 1.54) is 12.8 Å². The van der Waals surface area contributed by atoms with Crippen LogP contribution in [0.25, 0.3) is 10.9 Å². The molecule has 2 heterocycles. The SMILES string of the molecule is O=C(CCn1cnc2ccccc2c1=O)N1CCC(=C2CC2)CC1. The van der Waals surface area contributed by atoms with Crippen LogP contribution in [0.2, 0.25) is 0 Å². The zero-order valence-electron chi connectivity index (χ0n) is 13.7. The summed E-state index contributed by atoms with van der Waals surface area (Å²) in [6, 6.07) is 7.30. The molecule has 0 N–H and O–H groups in total. The Morgan fingerprint density at radius 1 is 1.04 bits per heavy atom. The van der Waals surface area contributed by atoms with Crippen molar-refractivity contribution in [2.24, 2.45) is 0 Å². The van der Waals surface area contributed by atoms with E-state index in [4.69, 9.17) is 0 Å². The molecule has 5 heteroatoms. The van der Waals surface area contributed by atoms with Crippen molar-refractivity contribution < 1.29 is 4.79 Å². The van der Waals surface area contributed by atoms with Crippen molar-refractivity contribution in [3.8, 4) is 0 Å². The van der Waals surface area contributed by atoms with Gasteiger partial charge in [0.2, 0.25) is 5.91 Å². The van der Waals surface area contributed by atoms with E-state index in [-0.39, 0.29) is 11.5 Å². The predicted molar refractivity (Wildman–Crippen MR) is 92.7 cm³/mol. The summed E-state index contributed by atoms with van der Waals surface area (Å²) in [5.74, 6) is 0.134. The van der Waals surface area contributed by atoms with Gasteiger partial charge in [-0.3, -0.25) is 14.2 Å². The lowest BCUT2D eigenvalue weighted by Crippen LogP contribution is -2.37. The number of para-hydroxylation sites is 1. The van der Waals surface area contributed by atoms with Crippen molar-refractivity contribution >= 4 is 16.8 Å². The molecule has 1 aromatic carbocycles. The quantitative estimate of drug-likeness (QED) is 0.816. The summed E-state index contributed by atoms with van der Waals surface area (Å²) in [5, 5.41) is 0.603. The molecule has 0 unspecified atom stereocenters. The van der Waals surface area contributed by atoms with E-state index in [9.17, 15) is 9.59 Å². The van der Waals surface area contributed by atoms with Gasteiger partial charge in [-0.25, -0.2) is 4.98 Å². The Morgan fingerprint density at radius 3 is 2.50 bits per heavy atom. The molecule has 1 saturated heterocycles. The summed E-state index contributed by atoms with van der Waals surface area (Å²) in [4.78, 5) is 31.1. The molecule has 124 valence electrons. The monoisotopic (exact) mass is 323 g/mol. The number of fused-ring (bicyclic) bond motifs is 1. The van der Waals surface area contributed by atoms with Gasteiger partial charge in [-0.15, -0.1) is 0 Å². The first kappa shape index (κ1) is 15.1. The first-order valence-electron chi connectivity index (χ1n) is 8.64. The van der Waals surface area contributed by atoms with Gasteiger partial charge in [0.25, 0.3) is 5.56 Å². The first-order valence-corrected chi connectivity index (χ1v) is 8.64. The fraction of sp³-hybridized carbons (Fsp3) is 0.421. The molecule has 2 aromatic rings. The number of aryl methyl sites for hydroxylation is 1. The van der Waals surface area contributed by atoms with E-state index in [0.717, 1.165) is 25.9 Å². The van der Waals surface area contributed by atoms with E-state index in [0.29, 0.717) is 23.9 Å². The van der Waals surface area contributed by atoms with Gasteiger partial charge < -0.3 is 4.90 Å². The average Bonchev–Trinajstić information content (AvgIpc) is 3.46. The Morgan fingerprint density at radius 2 is 1.75 bits per heavy atom. The largest absolute Gasteiger partial charge is 0.342 e. The van der Waals surface area contributed by atoms with Crippen LogP contribution in [-0.2, 0) is 11.3 Å². The molecule has 2 fully saturated rings. The number of likely N-dealkylation sites (tertiary alicyclic amines) is 1. The van der Waals surface area contributed by atoms with Crippen LogP contribution in [0, 0.1) is 0 Å². The topological polar surface area (TPSA) is 55.2 Å². The van der Waals surface area contributed by atoms with Crippen LogP contribution in [-0.4, -0.2) is 33.4 Å². The van der Waals surface area contributed by atoms with Gasteiger partial charge >= 0.3 is 0 Å². The first-order chi connectivity index (χ1) is 11.7. The molecule has 0 spiro atoms. The molecule has 1 amide bonds. The van der Waals surface area contributed by atoms with Gasteiger partial charge in [-0.1, -0.05) is 23.3 Å². The van der Waals surface area contributed by atoms with Gasteiger partial charge in [0, 0.05) is 26.1 Å². The van der Waals surface area contributed by atoms with E-state index in [1.807, 2.05) is 23.1 Å². The van der Waals surface area contributed by atoms with E-state index in [1.54, 1.807) is 28.1 Å². The van der Waals surface area contributed by atoms with Gasteiger partial charge in [0.15, 0.2) is 0 Å². The van der Waals surface area contributed by atoms with Crippen LogP contribution in [0.15, 0.2) is 46.5 Å². The minimum Gasteiger partial charge on any atom is -0.342 e. The maximum Gasteiger partial charge on any atom is 0.261 e. The molecule has 5 nitrogen and oxygen atoms in total. The summed E-state index contributed by atoms with van der Waals surface area (Å²) in [6.07, 6.45) is 6.48. The number of carbonyl (C=O) groups is 1. The highest BCUT2D eigenvalue weighted by molar-refractivity contribution is 5.77. The summed E-state index contributed by atoms with van der Waals surface area (Å²) in [7, 11) is 0.